The van der Waals surface area contributed by atoms with Gasteiger partial charge in [0.1, 0.15) is 5.75 Å². The maximum absolute atomic E-state index is 12.0. The first-order chi connectivity index (χ1) is 10.2. The first kappa shape index (κ1) is 14.4. The number of carbonyl (C=O) groups is 1. The van der Waals surface area contributed by atoms with Gasteiger partial charge in [-0.3, -0.25) is 4.79 Å². The van der Waals surface area contributed by atoms with Gasteiger partial charge in [-0.1, -0.05) is 24.6 Å². The van der Waals surface area contributed by atoms with E-state index in [4.69, 9.17) is 4.74 Å². The minimum absolute atomic E-state index is 0.112. The zero-order valence-corrected chi connectivity index (χ0v) is 12.8. The molecule has 2 aliphatic rings. The van der Waals surface area contributed by atoms with Gasteiger partial charge in [-0.25, -0.2) is 0 Å². The second kappa shape index (κ2) is 6.50. The lowest BCUT2D eigenvalue weighted by Gasteiger charge is -2.28. The van der Waals surface area contributed by atoms with Gasteiger partial charge in [0, 0.05) is 6.04 Å². The fourth-order valence-corrected chi connectivity index (χ4v) is 4.12. The van der Waals surface area contributed by atoms with Crippen molar-refractivity contribution in [1.29, 1.82) is 0 Å². The fourth-order valence-electron chi connectivity index (χ4n) is 4.12. The van der Waals surface area contributed by atoms with Crippen molar-refractivity contribution in [2.24, 2.45) is 17.8 Å². The monoisotopic (exact) mass is 287 g/mol. The normalized spacial score (nSPS) is 28.3. The average Bonchev–Trinajstić information content (AvgIpc) is 3.11. The molecule has 21 heavy (non-hydrogen) atoms. The third-order valence-corrected chi connectivity index (χ3v) is 5.16. The molecule has 0 aromatic heterocycles. The van der Waals surface area contributed by atoms with Gasteiger partial charge in [-0.2, -0.15) is 0 Å². The second-order valence-corrected chi connectivity index (χ2v) is 6.61. The Hall–Kier alpha value is -1.51. The summed E-state index contributed by atoms with van der Waals surface area (Å²) in [6.45, 7) is 2.61. The van der Waals surface area contributed by atoms with Gasteiger partial charge >= 0.3 is 0 Å². The maximum atomic E-state index is 12.0. The van der Waals surface area contributed by atoms with E-state index < -0.39 is 0 Å². The van der Waals surface area contributed by atoms with Crippen LogP contribution in [0.3, 0.4) is 0 Å². The number of hydrogen-bond acceptors (Lipinski definition) is 2. The van der Waals surface area contributed by atoms with Crippen LogP contribution in [0.15, 0.2) is 30.3 Å². The molecule has 3 nitrogen and oxygen atoms in total. The van der Waals surface area contributed by atoms with Crippen LogP contribution in [0.2, 0.25) is 0 Å². The van der Waals surface area contributed by atoms with Crippen LogP contribution < -0.4 is 10.1 Å². The third-order valence-electron chi connectivity index (χ3n) is 5.16. The predicted molar refractivity (Wildman–Crippen MR) is 83.1 cm³/mol. The number of hydrogen-bond donors (Lipinski definition) is 1. The standard InChI is InChI=1S/C18H25NO2/c1-13(17-12-14-7-8-15(17)11-14)19-18(20)9-10-21-16-5-3-2-4-6-16/h2-6,13-15,17H,7-12H2,1H3,(H,19,20)/t13-,14-,15-,17-/m1/s1. The van der Waals surface area contributed by atoms with Crippen molar-refractivity contribution in [3.05, 3.63) is 30.3 Å². The van der Waals surface area contributed by atoms with Gasteiger partial charge in [0.15, 0.2) is 0 Å². The number of nitrogens with one attached hydrogen (secondary N) is 1. The molecule has 0 unspecified atom stereocenters. The summed E-state index contributed by atoms with van der Waals surface area (Å²) < 4.78 is 5.57. The van der Waals surface area contributed by atoms with E-state index in [-0.39, 0.29) is 5.91 Å². The van der Waals surface area contributed by atoms with Crippen molar-refractivity contribution in [1.82, 2.24) is 5.32 Å². The lowest BCUT2D eigenvalue weighted by Crippen LogP contribution is -2.40. The van der Waals surface area contributed by atoms with Gasteiger partial charge in [0.2, 0.25) is 5.91 Å². The first-order valence-corrected chi connectivity index (χ1v) is 8.19. The molecule has 0 spiro atoms. The van der Waals surface area contributed by atoms with Crippen LogP contribution in [-0.2, 0) is 4.79 Å². The summed E-state index contributed by atoms with van der Waals surface area (Å²) in [5.74, 6) is 3.42. The molecule has 1 amide bonds. The van der Waals surface area contributed by atoms with Gasteiger partial charge < -0.3 is 10.1 Å². The molecule has 0 radical (unpaired) electrons. The van der Waals surface area contributed by atoms with Gasteiger partial charge in [0.25, 0.3) is 0 Å². The lowest BCUT2D eigenvalue weighted by molar-refractivity contribution is -0.122. The number of fused-ring (bicyclic) bond motifs is 2. The molecule has 1 N–H and O–H groups in total. The summed E-state index contributed by atoms with van der Waals surface area (Å²) in [5.41, 5.74) is 0. The molecule has 0 heterocycles. The number of benzene rings is 1. The van der Waals surface area contributed by atoms with E-state index in [1.165, 1.54) is 25.7 Å². The van der Waals surface area contributed by atoms with Crippen molar-refractivity contribution in [2.75, 3.05) is 6.61 Å². The fraction of sp³-hybridized carbons (Fsp3) is 0.611. The topological polar surface area (TPSA) is 38.3 Å². The molecular formula is C18H25NO2. The zero-order valence-electron chi connectivity index (χ0n) is 12.8. The summed E-state index contributed by atoms with van der Waals surface area (Å²) in [5, 5.41) is 3.17. The van der Waals surface area contributed by atoms with Crippen LogP contribution in [0.5, 0.6) is 5.75 Å². The van der Waals surface area contributed by atoms with Crippen LogP contribution in [-0.4, -0.2) is 18.6 Å². The highest BCUT2D eigenvalue weighted by molar-refractivity contribution is 5.76. The minimum atomic E-state index is 0.112. The smallest absolute Gasteiger partial charge is 0.223 e. The molecule has 2 aliphatic carbocycles. The van der Waals surface area contributed by atoms with E-state index >= 15 is 0 Å². The van der Waals surface area contributed by atoms with Crippen LogP contribution in [0.1, 0.15) is 39.0 Å². The summed E-state index contributed by atoms with van der Waals surface area (Å²) >= 11 is 0. The van der Waals surface area contributed by atoms with E-state index in [1.54, 1.807) is 0 Å². The van der Waals surface area contributed by atoms with Crippen molar-refractivity contribution in [2.45, 2.75) is 45.1 Å². The highest BCUT2D eigenvalue weighted by Crippen LogP contribution is 2.49. The van der Waals surface area contributed by atoms with Crippen LogP contribution in [0, 0.1) is 17.8 Å². The SMILES string of the molecule is C[C@@H](NC(=O)CCOc1ccccc1)[C@H]1C[C@@H]2CC[C@@H]1C2. The van der Waals surface area contributed by atoms with Crippen molar-refractivity contribution in [3.8, 4) is 5.75 Å². The number of carbonyl (C=O) groups excluding carboxylic acids is 1. The molecule has 3 heteroatoms. The molecule has 2 fully saturated rings. The highest BCUT2D eigenvalue weighted by Gasteiger charge is 2.41. The summed E-state index contributed by atoms with van der Waals surface area (Å²) in [6.07, 6.45) is 5.91. The largest absolute Gasteiger partial charge is 0.493 e. The predicted octanol–water partition coefficient (Wildman–Crippen LogP) is 3.40. The van der Waals surface area contributed by atoms with E-state index in [9.17, 15) is 4.79 Å². The quantitative estimate of drug-likeness (QED) is 0.871. The van der Waals surface area contributed by atoms with Crippen molar-refractivity contribution >= 4 is 5.91 Å². The van der Waals surface area contributed by atoms with E-state index in [2.05, 4.69) is 12.2 Å². The third kappa shape index (κ3) is 3.58. The Labute approximate surface area is 127 Å². The number of para-hydroxylation sites is 1. The lowest BCUT2D eigenvalue weighted by atomic mass is 9.84. The highest BCUT2D eigenvalue weighted by atomic mass is 16.5. The number of ether oxygens (including phenoxy) is 1. The van der Waals surface area contributed by atoms with E-state index in [0.717, 1.165) is 17.6 Å². The Morgan fingerprint density at radius 1 is 1.29 bits per heavy atom. The maximum Gasteiger partial charge on any atom is 0.223 e. The van der Waals surface area contributed by atoms with Gasteiger partial charge in [0.05, 0.1) is 13.0 Å². The van der Waals surface area contributed by atoms with Crippen LogP contribution in [0.4, 0.5) is 0 Å². The summed E-state index contributed by atoms with van der Waals surface area (Å²) in [4.78, 5) is 12.0. The molecule has 2 bridgehead atoms. The van der Waals surface area contributed by atoms with Crippen molar-refractivity contribution in [3.63, 3.8) is 0 Å². The molecule has 1 aromatic rings. The van der Waals surface area contributed by atoms with E-state index in [0.29, 0.717) is 25.0 Å². The first-order valence-electron chi connectivity index (χ1n) is 8.19. The van der Waals surface area contributed by atoms with Crippen molar-refractivity contribution < 1.29 is 9.53 Å². The molecule has 4 atom stereocenters. The molecule has 0 saturated heterocycles. The summed E-state index contributed by atoms with van der Waals surface area (Å²) in [7, 11) is 0. The average molecular weight is 287 g/mol. The van der Waals surface area contributed by atoms with E-state index in [1.807, 2.05) is 30.3 Å². The zero-order chi connectivity index (χ0) is 14.7. The number of rotatable bonds is 6. The molecule has 1 aromatic carbocycles. The summed E-state index contributed by atoms with van der Waals surface area (Å²) in [6, 6.07) is 9.96. The van der Waals surface area contributed by atoms with Gasteiger partial charge in [-0.15, -0.1) is 0 Å². The Morgan fingerprint density at radius 2 is 2.10 bits per heavy atom. The molecule has 114 valence electrons. The molecule has 2 saturated carbocycles. The molecule has 3 rings (SSSR count). The number of amides is 1. The molecular weight excluding hydrogens is 262 g/mol. The minimum Gasteiger partial charge on any atom is -0.493 e. The Balaban J connectivity index is 1.38. The Morgan fingerprint density at radius 3 is 2.76 bits per heavy atom. The van der Waals surface area contributed by atoms with Crippen LogP contribution >= 0.6 is 0 Å². The van der Waals surface area contributed by atoms with Crippen LogP contribution in [0.25, 0.3) is 0 Å². The second-order valence-electron chi connectivity index (χ2n) is 6.61. The molecule has 0 aliphatic heterocycles. The Kier molecular flexibility index (Phi) is 4.47. The van der Waals surface area contributed by atoms with Gasteiger partial charge in [-0.05, 0) is 56.1 Å². The Bertz CT molecular complexity index is 473.